The molecular formula is C33H29F3N2O2. The maximum Gasteiger partial charge on any atom is 0.417 e. The smallest absolute Gasteiger partial charge is 0.417 e. The van der Waals surface area contributed by atoms with E-state index in [0.717, 1.165) is 33.9 Å². The highest BCUT2D eigenvalue weighted by molar-refractivity contribution is 5.66. The van der Waals surface area contributed by atoms with Gasteiger partial charge in [-0.1, -0.05) is 62.4 Å². The third kappa shape index (κ3) is 5.86. The molecule has 204 valence electrons. The Kier molecular flexibility index (Phi) is 8.01. The topological polar surface area (TPSA) is 55.0 Å². The lowest BCUT2D eigenvalue weighted by Crippen LogP contribution is -2.29. The monoisotopic (exact) mass is 542 g/mol. The Balaban J connectivity index is 1.91. The summed E-state index contributed by atoms with van der Waals surface area (Å²) in [6.07, 6.45) is -3.15. The molecule has 4 nitrogen and oxygen atoms in total. The summed E-state index contributed by atoms with van der Waals surface area (Å²) in [6.45, 7) is 11.5. The minimum absolute atomic E-state index is 0.0119. The summed E-state index contributed by atoms with van der Waals surface area (Å²) in [7, 11) is 0. The molecule has 0 fully saturated rings. The van der Waals surface area contributed by atoms with E-state index in [9.17, 15) is 23.2 Å². The van der Waals surface area contributed by atoms with Gasteiger partial charge < -0.3 is 9.30 Å². The second-order valence-corrected chi connectivity index (χ2v) is 10.0. The zero-order valence-electron chi connectivity index (χ0n) is 22.8. The maximum absolute atomic E-state index is 14.0. The Morgan fingerprint density at radius 2 is 1.73 bits per heavy atom. The number of pyridine rings is 1. The first-order chi connectivity index (χ1) is 18.9. The predicted molar refractivity (Wildman–Crippen MR) is 152 cm³/mol. The lowest BCUT2D eigenvalue weighted by molar-refractivity contribution is -0.137. The van der Waals surface area contributed by atoms with Gasteiger partial charge in [0.2, 0.25) is 0 Å². The van der Waals surface area contributed by atoms with Crippen molar-refractivity contribution < 1.29 is 17.9 Å². The molecule has 0 saturated carbocycles. The minimum Gasteiger partial charge on any atom is -0.457 e. The number of alkyl halides is 3. The van der Waals surface area contributed by atoms with Crippen molar-refractivity contribution in [2.24, 2.45) is 0 Å². The van der Waals surface area contributed by atoms with Crippen molar-refractivity contribution in [2.75, 3.05) is 0 Å². The predicted octanol–water partition coefficient (Wildman–Crippen LogP) is 8.63. The molecule has 0 aliphatic rings. The Hall–Kier alpha value is -4.57. The molecule has 0 amide bonds. The molecule has 3 aromatic carbocycles. The molecule has 0 atom stereocenters. The third-order valence-corrected chi connectivity index (χ3v) is 6.82. The normalized spacial score (nSPS) is 11.4. The molecule has 0 aliphatic carbocycles. The van der Waals surface area contributed by atoms with E-state index in [-0.39, 0.29) is 18.2 Å². The average Bonchev–Trinajstić information content (AvgIpc) is 2.90. The number of aryl methyl sites for hydroxylation is 2. The van der Waals surface area contributed by atoms with Gasteiger partial charge in [0, 0.05) is 0 Å². The quantitative estimate of drug-likeness (QED) is 0.235. The fraction of sp³-hybridized carbons (Fsp3) is 0.212. The number of nitrogens with zero attached hydrogens (tertiary/aromatic N) is 2. The van der Waals surface area contributed by atoms with Gasteiger partial charge in [-0.15, -0.1) is 0 Å². The number of aromatic nitrogens is 1. The average molecular weight is 543 g/mol. The van der Waals surface area contributed by atoms with Crippen LogP contribution < -0.4 is 10.3 Å². The van der Waals surface area contributed by atoms with Gasteiger partial charge in [0.05, 0.1) is 17.8 Å². The molecule has 0 spiro atoms. The summed E-state index contributed by atoms with van der Waals surface area (Å²) in [6, 6.07) is 20.5. The fourth-order valence-corrected chi connectivity index (χ4v) is 4.62. The SMILES string of the molecule is C=Cc1ccc(Oc2ccc(-c3cc(C(F)(F)F)c(C#N)c(=O)n3Cc3ccc(C)cc3C)cc2C(C)C)cc1. The van der Waals surface area contributed by atoms with Crippen LogP contribution >= 0.6 is 0 Å². The molecule has 0 aliphatic heterocycles. The fourth-order valence-electron chi connectivity index (χ4n) is 4.62. The van der Waals surface area contributed by atoms with Crippen LogP contribution in [0.1, 0.15) is 58.7 Å². The van der Waals surface area contributed by atoms with Crippen molar-refractivity contribution in [1.29, 1.82) is 5.26 Å². The summed E-state index contributed by atoms with van der Waals surface area (Å²) in [5, 5.41) is 9.55. The number of halogens is 3. The lowest BCUT2D eigenvalue weighted by atomic mass is 9.96. The summed E-state index contributed by atoms with van der Waals surface area (Å²) in [5.41, 5.74) is 1.71. The zero-order valence-corrected chi connectivity index (χ0v) is 22.8. The number of hydrogen-bond acceptors (Lipinski definition) is 3. The molecular weight excluding hydrogens is 513 g/mol. The summed E-state index contributed by atoms with van der Waals surface area (Å²) in [4.78, 5) is 13.4. The summed E-state index contributed by atoms with van der Waals surface area (Å²) < 4.78 is 49.4. The van der Waals surface area contributed by atoms with Gasteiger partial charge in [-0.05, 0) is 84.0 Å². The molecule has 40 heavy (non-hydrogen) atoms. The Labute approximate surface area is 231 Å². The molecule has 0 bridgehead atoms. The Morgan fingerprint density at radius 3 is 2.30 bits per heavy atom. The number of hydrogen-bond donors (Lipinski definition) is 0. The van der Waals surface area contributed by atoms with Crippen LogP contribution in [0.5, 0.6) is 11.5 Å². The van der Waals surface area contributed by atoms with Crippen LogP contribution in [-0.2, 0) is 12.7 Å². The second kappa shape index (κ2) is 11.3. The van der Waals surface area contributed by atoms with Crippen molar-refractivity contribution in [3.63, 3.8) is 0 Å². The first kappa shape index (κ1) is 28.4. The van der Waals surface area contributed by atoms with Gasteiger partial charge in [-0.3, -0.25) is 4.79 Å². The summed E-state index contributed by atoms with van der Waals surface area (Å²) in [5.74, 6) is 1.12. The van der Waals surface area contributed by atoms with E-state index in [2.05, 4.69) is 6.58 Å². The van der Waals surface area contributed by atoms with E-state index in [1.807, 2.05) is 70.2 Å². The van der Waals surface area contributed by atoms with Crippen molar-refractivity contribution >= 4 is 6.08 Å². The molecule has 4 aromatic rings. The van der Waals surface area contributed by atoms with Crippen molar-refractivity contribution in [3.8, 4) is 28.8 Å². The largest absolute Gasteiger partial charge is 0.457 e. The van der Waals surface area contributed by atoms with E-state index in [4.69, 9.17) is 4.74 Å². The molecule has 0 unspecified atom stereocenters. The number of benzene rings is 3. The molecule has 7 heteroatoms. The van der Waals surface area contributed by atoms with Crippen molar-refractivity contribution in [2.45, 2.75) is 46.3 Å². The number of nitriles is 1. The Bertz CT molecular complexity index is 1670. The van der Waals surface area contributed by atoms with E-state index in [1.54, 1.807) is 24.3 Å². The van der Waals surface area contributed by atoms with Crippen molar-refractivity contribution in [3.05, 3.63) is 123 Å². The maximum atomic E-state index is 14.0. The van der Waals surface area contributed by atoms with Crippen LogP contribution in [0.25, 0.3) is 17.3 Å². The van der Waals surface area contributed by atoms with Crippen LogP contribution in [0.4, 0.5) is 13.2 Å². The van der Waals surface area contributed by atoms with Crippen LogP contribution in [0.15, 0.2) is 78.1 Å². The van der Waals surface area contributed by atoms with Crippen LogP contribution in [-0.4, -0.2) is 4.57 Å². The van der Waals surface area contributed by atoms with Gasteiger partial charge in [0.15, 0.2) is 0 Å². The van der Waals surface area contributed by atoms with E-state index in [1.165, 1.54) is 10.6 Å². The number of rotatable bonds is 7. The van der Waals surface area contributed by atoms with E-state index in [0.29, 0.717) is 17.1 Å². The van der Waals surface area contributed by atoms with E-state index < -0.39 is 22.9 Å². The molecule has 0 saturated heterocycles. The molecule has 0 N–H and O–H groups in total. The number of ether oxygens (including phenoxy) is 1. The molecule has 1 heterocycles. The third-order valence-electron chi connectivity index (χ3n) is 6.82. The Morgan fingerprint density at radius 1 is 1.02 bits per heavy atom. The standard InChI is InChI=1S/C33H29F3N2O2/c1-6-23-8-12-26(13-9-23)40-31-14-11-24(16-27(31)20(2)3)30-17-29(33(34,35)36)28(18-37)32(39)38(30)19-25-10-7-21(4)15-22(25)5/h6-17,20H,1,19H2,2-5H3. The highest BCUT2D eigenvalue weighted by atomic mass is 19.4. The van der Waals surface area contributed by atoms with Crippen molar-refractivity contribution in [1.82, 2.24) is 4.57 Å². The lowest BCUT2D eigenvalue weighted by Gasteiger charge is -2.20. The van der Waals surface area contributed by atoms with Crippen LogP contribution in [0, 0.1) is 25.2 Å². The molecule has 4 rings (SSSR count). The van der Waals surface area contributed by atoms with Gasteiger partial charge in [0.25, 0.3) is 5.56 Å². The van der Waals surface area contributed by atoms with Crippen LogP contribution in [0.3, 0.4) is 0 Å². The summed E-state index contributed by atoms with van der Waals surface area (Å²) >= 11 is 0. The zero-order chi connectivity index (χ0) is 29.2. The van der Waals surface area contributed by atoms with Crippen LogP contribution in [0.2, 0.25) is 0 Å². The van der Waals surface area contributed by atoms with Gasteiger partial charge in [-0.2, -0.15) is 18.4 Å². The highest BCUT2D eigenvalue weighted by Crippen LogP contribution is 2.37. The molecule has 0 radical (unpaired) electrons. The first-order valence-electron chi connectivity index (χ1n) is 12.8. The highest BCUT2D eigenvalue weighted by Gasteiger charge is 2.36. The van der Waals surface area contributed by atoms with E-state index >= 15 is 0 Å². The second-order valence-electron chi connectivity index (χ2n) is 10.0. The van der Waals surface area contributed by atoms with Gasteiger partial charge in [-0.25, -0.2) is 0 Å². The van der Waals surface area contributed by atoms with Gasteiger partial charge in [0.1, 0.15) is 23.1 Å². The minimum atomic E-state index is -4.88. The first-order valence-corrected chi connectivity index (χ1v) is 12.8. The molecule has 1 aromatic heterocycles. The van der Waals surface area contributed by atoms with Gasteiger partial charge >= 0.3 is 6.18 Å².